The molecule has 1 atom stereocenters. The van der Waals surface area contributed by atoms with E-state index in [2.05, 4.69) is 10.6 Å². The van der Waals surface area contributed by atoms with Crippen molar-refractivity contribution in [1.82, 2.24) is 5.32 Å². The van der Waals surface area contributed by atoms with Gasteiger partial charge in [0.15, 0.2) is 0 Å². The molecule has 0 spiro atoms. The maximum absolute atomic E-state index is 11.8. The van der Waals surface area contributed by atoms with Crippen LogP contribution in [0.1, 0.15) is 5.56 Å². The van der Waals surface area contributed by atoms with E-state index in [4.69, 9.17) is 4.74 Å². The molecule has 0 saturated carbocycles. The van der Waals surface area contributed by atoms with Gasteiger partial charge in [-0.1, -0.05) is 42.5 Å². The minimum absolute atomic E-state index is 0.176. The Morgan fingerprint density at radius 2 is 1.82 bits per heavy atom. The van der Waals surface area contributed by atoms with Gasteiger partial charge in [0.1, 0.15) is 5.75 Å². The average Bonchev–Trinajstić information content (AvgIpc) is 2.54. The first-order valence-electron chi connectivity index (χ1n) is 7.09. The molecule has 2 aromatic rings. The van der Waals surface area contributed by atoms with Crippen LogP contribution >= 0.6 is 0 Å². The van der Waals surface area contributed by atoms with E-state index in [1.165, 1.54) is 0 Å². The quantitative estimate of drug-likeness (QED) is 0.767. The predicted molar refractivity (Wildman–Crippen MR) is 86.2 cm³/mol. The zero-order valence-electron chi connectivity index (χ0n) is 12.5. The van der Waals surface area contributed by atoms with Crippen LogP contribution in [-0.2, 0) is 6.42 Å². The Morgan fingerprint density at radius 3 is 2.55 bits per heavy atom. The van der Waals surface area contributed by atoms with Gasteiger partial charge in [0.2, 0.25) is 0 Å². The molecule has 3 N–H and O–H groups in total. The summed E-state index contributed by atoms with van der Waals surface area (Å²) in [6.07, 6.45) is -0.138. The number of hydrogen-bond donors (Lipinski definition) is 3. The first-order chi connectivity index (χ1) is 10.7. The fourth-order valence-electron chi connectivity index (χ4n) is 2.08. The van der Waals surface area contributed by atoms with Gasteiger partial charge < -0.3 is 20.5 Å². The Labute approximate surface area is 129 Å². The summed E-state index contributed by atoms with van der Waals surface area (Å²) in [5.41, 5.74) is 1.61. The van der Waals surface area contributed by atoms with Crippen LogP contribution in [0.2, 0.25) is 0 Å². The normalized spacial score (nSPS) is 11.5. The van der Waals surface area contributed by atoms with Gasteiger partial charge in [-0.2, -0.15) is 0 Å². The van der Waals surface area contributed by atoms with E-state index >= 15 is 0 Å². The lowest BCUT2D eigenvalue weighted by molar-refractivity contribution is 0.172. The van der Waals surface area contributed by atoms with Crippen LogP contribution in [0.15, 0.2) is 54.6 Å². The first kappa shape index (κ1) is 15.9. The highest BCUT2D eigenvalue weighted by molar-refractivity contribution is 5.90. The van der Waals surface area contributed by atoms with Crippen molar-refractivity contribution in [2.45, 2.75) is 12.5 Å². The fraction of sp³-hybridized carbons (Fsp3) is 0.235. The third-order valence-electron chi connectivity index (χ3n) is 3.17. The maximum Gasteiger partial charge on any atom is 0.319 e. The van der Waals surface area contributed by atoms with Crippen molar-refractivity contribution >= 4 is 11.7 Å². The number of ether oxygens (including phenoxy) is 1. The number of carbonyl (C=O) groups is 1. The Kier molecular flexibility index (Phi) is 5.80. The topological polar surface area (TPSA) is 70.6 Å². The number of aliphatic hydroxyl groups excluding tert-OH is 1. The number of anilines is 1. The lowest BCUT2D eigenvalue weighted by Crippen LogP contribution is -2.36. The monoisotopic (exact) mass is 300 g/mol. The Bertz CT molecular complexity index is 602. The Morgan fingerprint density at radius 1 is 1.14 bits per heavy atom. The van der Waals surface area contributed by atoms with E-state index < -0.39 is 6.10 Å². The highest BCUT2D eigenvalue weighted by atomic mass is 16.5. The van der Waals surface area contributed by atoms with Crippen LogP contribution in [0, 0.1) is 0 Å². The molecule has 0 aliphatic heterocycles. The van der Waals surface area contributed by atoms with Gasteiger partial charge in [0.25, 0.3) is 0 Å². The van der Waals surface area contributed by atoms with Crippen molar-refractivity contribution in [3.8, 4) is 5.75 Å². The number of benzene rings is 2. The molecule has 5 heteroatoms. The van der Waals surface area contributed by atoms with Crippen LogP contribution in [-0.4, -0.2) is 30.9 Å². The van der Waals surface area contributed by atoms with Gasteiger partial charge in [0, 0.05) is 13.0 Å². The first-order valence-corrected chi connectivity index (χ1v) is 7.09. The lowest BCUT2D eigenvalue weighted by Gasteiger charge is -2.14. The summed E-state index contributed by atoms with van der Waals surface area (Å²) < 4.78 is 5.16. The van der Waals surface area contributed by atoms with Crippen LogP contribution in [0.3, 0.4) is 0 Å². The Hall–Kier alpha value is -2.53. The molecule has 0 fully saturated rings. The molecule has 5 nitrogen and oxygen atoms in total. The van der Waals surface area contributed by atoms with E-state index in [-0.39, 0.29) is 12.6 Å². The number of rotatable bonds is 6. The molecule has 2 amide bonds. The van der Waals surface area contributed by atoms with E-state index in [0.717, 1.165) is 5.56 Å². The summed E-state index contributed by atoms with van der Waals surface area (Å²) in [6.45, 7) is 0.176. The predicted octanol–water partition coefficient (Wildman–Crippen LogP) is 2.42. The van der Waals surface area contributed by atoms with E-state index in [1.54, 1.807) is 19.2 Å². The minimum Gasteiger partial charge on any atom is -0.495 e. The van der Waals surface area contributed by atoms with Crippen LogP contribution in [0.4, 0.5) is 10.5 Å². The van der Waals surface area contributed by atoms with Crippen molar-refractivity contribution in [2.75, 3.05) is 19.0 Å². The summed E-state index contributed by atoms with van der Waals surface area (Å²) in [5, 5.41) is 15.3. The molecule has 0 aromatic heterocycles. The van der Waals surface area contributed by atoms with Crippen molar-refractivity contribution in [1.29, 1.82) is 0 Å². The van der Waals surface area contributed by atoms with Crippen LogP contribution < -0.4 is 15.4 Å². The largest absolute Gasteiger partial charge is 0.495 e. The molecule has 2 rings (SSSR count). The number of methoxy groups -OCH3 is 1. The molecular formula is C17H20N2O3. The molecule has 22 heavy (non-hydrogen) atoms. The number of para-hydroxylation sites is 2. The number of urea groups is 1. The summed E-state index contributed by atoms with van der Waals surface area (Å²) in [5.74, 6) is 0.586. The van der Waals surface area contributed by atoms with E-state index in [0.29, 0.717) is 17.9 Å². The van der Waals surface area contributed by atoms with Crippen molar-refractivity contribution in [3.63, 3.8) is 0 Å². The molecule has 0 aliphatic rings. The summed E-state index contributed by atoms with van der Waals surface area (Å²) in [7, 11) is 1.54. The Balaban J connectivity index is 1.80. The number of carbonyl (C=O) groups excluding carboxylic acids is 1. The number of nitrogens with one attached hydrogen (secondary N) is 2. The zero-order chi connectivity index (χ0) is 15.8. The van der Waals surface area contributed by atoms with Gasteiger partial charge in [0.05, 0.1) is 18.9 Å². The second-order valence-electron chi connectivity index (χ2n) is 4.88. The van der Waals surface area contributed by atoms with Gasteiger partial charge in [-0.25, -0.2) is 4.79 Å². The SMILES string of the molecule is COc1ccccc1NC(=O)NCC(O)Cc1ccccc1. The summed E-state index contributed by atoms with van der Waals surface area (Å²) >= 11 is 0. The average molecular weight is 300 g/mol. The van der Waals surface area contributed by atoms with Crippen LogP contribution in [0.5, 0.6) is 5.75 Å². The fourth-order valence-corrected chi connectivity index (χ4v) is 2.08. The highest BCUT2D eigenvalue weighted by Crippen LogP contribution is 2.22. The molecule has 0 radical (unpaired) electrons. The third kappa shape index (κ3) is 4.79. The minimum atomic E-state index is -0.634. The number of hydrogen-bond acceptors (Lipinski definition) is 3. The van der Waals surface area contributed by atoms with Crippen molar-refractivity contribution in [3.05, 3.63) is 60.2 Å². The zero-order valence-corrected chi connectivity index (χ0v) is 12.5. The molecule has 0 bridgehead atoms. The summed E-state index contributed by atoms with van der Waals surface area (Å²) in [6, 6.07) is 16.4. The summed E-state index contributed by atoms with van der Waals surface area (Å²) in [4.78, 5) is 11.8. The van der Waals surface area contributed by atoms with E-state index in [1.807, 2.05) is 42.5 Å². The molecule has 0 saturated heterocycles. The number of amides is 2. The van der Waals surface area contributed by atoms with Gasteiger partial charge >= 0.3 is 6.03 Å². The van der Waals surface area contributed by atoms with Gasteiger partial charge in [-0.15, -0.1) is 0 Å². The second kappa shape index (κ2) is 8.05. The molecule has 116 valence electrons. The van der Waals surface area contributed by atoms with Crippen molar-refractivity contribution < 1.29 is 14.6 Å². The van der Waals surface area contributed by atoms with E-state index in [9.17, 15) is 9.90 Å². The second-order valence-corrected chi connectivity index (χ2v) is 4.88. The maximum atomic E-state index is 11.8. The van der Waals surface area contributed by atoms with Crippen molar-refractivity contribution in [2.24, 2.45) is 0 Å². The van der Waals surface area contributed by atoms with Gasteiger partial charge in [-0.05, 0) is 17.7 Å². The van der Waals surface area contributed by atoms with Gasteiger partial charge in [-0.3, -0.25) is 0 Å². The highest BCUT2D eigenvalue weighted by Gasteiger charge is 2.09. The lowest BCUT2D eigenvalue weighted by atomic mass is 10.1. The smallest absolute Gasteiger partial charge is 0.319 e. The third-order valence-corrected chi connectivity index (χ3v) is 3.17. The molecule has 2 aromatic carbocycles. The van der Waals surface area contributed by atoms with Crippen LogP contribution in [0.25, 0.3) is 0 Å². The molecule has 1 unspecified atom stereocenters. The molecule has 0 heterocycles. The molecular weight excluding hydrogens is 280 g/mol. The standard InChI is InChI=1S/C17H20N2O3/c1-22-16-10-6-5-9-15(16)19-17(21)18-12-14(20)11-13-7-3-2-4-8-13/h2-10,14,20H,11-12H2,1H3,(H2,18,19,21). The molecule has 0 aliphatic carbocycles. The number of aliphatic hydroxyl groups is 1.